The molecule has 0 radical (unpaired) electrons. The summed E-state index contributed by atoms with van der Waals surface area (Å²) in [6.07, 6.45) is 2.76. The standard InChI is InChI=1S/C18H28N2O2/c1-13-6-7-17(20-8-4-5-9-20)16(11-13)18(22)19-12-14(2)10-15(3)21/h6-7,11,14-15,21H,4-5,8-10,12H2,1-3H3,(H,19,22). The van der Waals surface area contributed by atoms with Crippen molar-refractivity contribution in [2.45, 2.75) is 46.1 Å². The lowest BCUT2D eigenvalue weighted by Gasteiger charge is -2.22. The van der Waals surface area contributed by atoms with Gasteiger partial charge in [-0.05, 0) is 51.2 Å². The maximum atomic E-state index is 12.6. The Kier molecular flexibility index (Phi) is 5.83. The van der Waals surface area contributed by atoms with E-state index in [1.165, 1.54) is 12.8 Å². The first-order valence-electron chi connectivity index (χ1n) is 8.29. The second-order valence-corrected chi connectivity index (χ2v) is 6.61. The second kappa shape index (κ2) is 7.63. The summed E-state index contributed by atoms with van der Waals surface area (Å²) in [5.74, 6) is 0.257. The molecule has 1 amide bonds. The number of nitrogens with one attached hydrogen (secondary N) is 1. The van der Waals surface area contributed by atoms with Gasteiger partial charge in [0.25, 0.3) is 5.91 Å². The van der Waals surface area contributed by atoms with Crippen LogP contribution in [0.3, 0.4) is 0 Å². The van der Waals surface area contributed by atoms with E-state index < -0.39 is 0 Å². The first kappa shape index (κ1) is 16.8. The predicted molar refractivity (Wildman–Crippen MR) is 90.4 cm³/mol. The van der Waals surface area contributed by atoms with E-state index in [4.69, 9.17) is 0 Å². The molecule has 1 saturated heterocycles. The lowest BCUT2D eigenvalue weighted by atomic mass is 10.0. The van der Waals surface area contributed by atoms with Gasteiger partial charge in [0.15, 0.2) is 0 Å². The number of nitrogens with zero attached hydrogens (tertiary/aromatic N) is 1. The van der Waals surface area contributed by atoms with Crippen LogP contribution in [-0.2, 0) is 0 Å². The van der Waals surface area contributed by atoms with Crippen molar-refractivity contribution < 1.29 is 9.90 Å². The number of aliphatic hydroxyl groups excluding tert-OH is 1. The summed E-state index contributed by atoms with van der Waals surface area (Å²) in [7, 11) is 0. The highest BCUT2D eigenvalue weighted by molar-refractivity contribution is 6.00. The fraction of sp³-hybridized carbons (Fsp3) is 0.611. The van der Waals surface area contributed by atoms with Gasteiger partial charge < -0.3 is 15.3 Å². The molecule has 0 bridgehead atoms. The lowest BCUT2D eigenvalue weighted by Crippen LogP contribution is -2.31. The minimum Gasteiger partial charge on any atom is -0.393 e. The van der Waals surface area contributed by atoms with Crippen molar-refractivity contribution in [3.05, 3.63) is 29.3 Å². The van der Waals surface area contributed by atoms with E-state index in [2.05, 4.69) is 22.3 Å². The number of hydrogen-bond donors (Lipinski definition) is 2. The molecular formula is C18H28N2O2. The Labute approximate surface area is 133 Å². The van der Waals surface area contributed by atoms with Gasteiger partial charge in [0.05, 0.1) is 11.7 Å². The van der Waals surface area contributed by atoms with Crippen molar-refractivity contribution in [2.75, 3.05) is 24.5 Å². The van der Waals surface area contributed by atoms with Crippen molar-refractivity contribution in [1.29, 1.82) is 0 Å². The normalized spacial score (nSPS) is 17.4. The van der Waals surface area contributed by atoms with Gasteiger partial charge in [-0.25, -0.2) is 0 Å². The molecular weight excluding hydrogens is 276 g/mol. The van der Waals surface area contributed by atoms with E-state index in [-0.39, 0.29) is 17.9 Å². The highest BCUT2D eigenvalue weighted by Gasteiger charge is 2.20. The zero-order chi connectivity index (χ0) is 16.1. The first-order chi connectivity index (χ1) is 10.5. The zero-order valence-corrected chi connectivity index (χ0v) is 13.9. The molecule has 2 rings (SSSR count). The smallest absolute Gasteiger partial charge is 0.253 e. The molecule has 4 nitrogen and oxygen atoms in total. The number of hydrogen-bond acceptors (Lipinski definition) is 3. The van der Waals surface area contributed by atoms with Crippen LogP contribution in [0.5, 0.6) is 0 Å². The maximum Gasteiger partial charge on any atom is 0.253 e. The Morgan fingerprint density at radius 1 is 1.32 bits per heavy atom. The molecule has 2 unspecified atom stereocenters. The van der Waals surface area contributed by atoms with Crippen LogP contribution in [0.1, 0.15) is 49.0 Å². The largest absolute Gasteiger partial charge is 0.393 e. The zero-order valence-electron chi connectivity index (χ0n) is 13.9. The van der Waals surface area contributed by atoms with E-state index >= 15 is 0 Å². The van der Waals surface area contributed by atoms with Crippen molar-refractivity contribution >= 4 is 11.6 Å². The van der Waals surface area contributed by atoms with Gasteiger partial charge in [0.2, 0.25) is 0 Å². The van der Waals surface area contributed by atoms with E-state index in [0.29, 0.717) is 13.0 Å². The molecule has 1 aliphatic rings. The number of amides is 1. The van der Waals surface area contributed by atoms with Crippen LogP contribution in [0.2, 0.25) is 0 Å². The maximum absolute atomic E-state index is 12.6. The van der Waals surface area contributed by atoms with Crippen molar-refractivity contribution in [1.82, 2.24) is 5.32 Å². The van der Waals surface area contributed by atoms with Crippen molar-refractivity contribution in [2.24, 2.45) is 5.92 Å². The summed E-state index contributed by atoms with van der Waals surface area (Å²) in [5.41, 5.74) is 2.92. The van der Waals surface area contributed by atoms with Crippen LogP contribution in [0, 0.1) is 12.8 Å². The summed E-state index contributed by atoms with van der Waals surface area (Å²) in [5, 5.41) is 12.4. The molecule has 1 fully saturated rings. The van der Waals surface area contributed by atoms with Crippen LogP contribution in [-0.4, -0.2) is 36.8 Å². The number of carbonyl (C=O) groups is 1. The molecule has 22 heavy (non-hydrogen) atoms. The monoisotopic (exact) mass is 304 g/mol. The number of benzene rings is 1. The highest BCUT2D eigenvalue weighted by atomic mass is 16.3. The summed E-state index contributed by atoms with van der Waals surface area (Å²) in [6.45, 7) is 8.50. The van der Waals surface area contributed by atoms with E-state index in [9.17, 15) is 9.90 Å². The molecule has 0 aliphatic carbocycles. The number of aryl methyl sites for hydroxylation is 1. The molecule has 1 aliphatic heterocycles. The molecule has 0 spiro atoms. The van der Waals surface area contributed by atoms with Crippen molar-refractivity contribution in [3.8, 4) is 0 Å². The molecule has 2 atom stereocenters. The molecule has 0 aromatic heterocycles. The predicted octanol–water partition coefficient (Wildman–Crippen LogP) is 2.73. The summed E-state index contributed by atoms with van der Waals surface area (Å²) in [4.78, 5) is 14.9. The number of anilines is 1. The van der Waals surface area contributed by atoms with Gasteiger partial charge >= 0.3 is 0 Å². The average Bonchev–Trinajstić information content (AvgIpc) is 2.98. The van der Waals surface area contributed by atoms with E-state index in [1.807, 2.05) is 19.9 Å². The van der Waals surface area contributed by atoms with Gasteiger partial charge in [0.1, 0.15) is 0 Å². The molecule has 1 aromatic carbocycles. The second-order valence-electron chi connectivity index (χ2n) is 6.61. The molecule has 122 valence electrons. The highest BCUT2D eigenvalue weighted by Crippen LogP contribution is 2.25. The van der Waals surface area contributed by atoms with E-state index in [0.717, 1.165) is 29.9 Å². The van der Waals surface area contributed by atoms with Crippen LogP contribution in [0.25, 0.3) is 0 Å². The topological polar surface area (TPSA) is 52.6 Å². The van der Waals surface area contributed by atoms with Gasteiger partial charge in [-0.1, -0.05) is 18.6 Å². The molecule has 2 N–H and O–H groups in total. The third kappa shape index (κ3) is 4.47. The quantitative estimate of drug-likeness (QED) is 0.849. The van der Waals surface area contributed by atoms with Gasteiger partial charge in [-0.15, -0.1) is 0 Å². The van der Waals surface area contributed by atoms with E-state index in [1.54, 1.807) is 6.92 Å². The Balaban J connectivity index is 2.06. The van der Waals surface area contributed by atoms with Crippen LogP contribution in [0.4, 0.5) is 5.69 Å². The summed E-state index contributed by atoms with van der Waals surface area (Å²) in [6, 6.07) is 6.11. The fourth-order valence-electron chi connectivity index (χ4n) is 3.09. The molecule has 4 heteroatoms. The first-order valence-corrected chi connectivity index (χ1v) is 8.29. The minimum atomic E-state index is -0.328. The average molecular weight is 304 g/mol. The van der Waals surface area contributed by atoms with Gasteiger partial charge in [-0.2, -0.15) is 0 Å². The third-order valence-corrected chi connectivity index (χ3v) is 4.20. The fourth-order valence-corrected chi connectivity index (χ4v) is 3.09. The van der Waals surface area contributed by atoms with Gasteiger partial charge in [0, 0.05) is 25.3 Å². The minimum absolute atomic E-state index is 0.0111. The Hall–Kier alpha value is -1.55. The summed E-state index contributed by atoms with van der Waals surface area (Å²) < 4.78 is 0. The Bertz CT molecular complexity index is 508. The van der Waals surface area contributed by atoms with Crippen LogP contribution in [0.15, 0.2) is 18.2 Å². The number of rotatable bonds is 6. The molecule has 1 heterocycles. The third-order valence-electron chi connectivity index (χ3n) is 4.20. The van der Waals surface area contributed by atoms with Crippen LogP contribution >= 0.6 is 0 Å². The number of carbonyl (C=O) groups excluding carboxylic acids is 1. The number of aliphatic hydroxyl groups is 1. The lowest BCUT2D eigenvalue weighted by molar-refractivity contribution is 0.0940. The van der Waals surface area contributed by atoms with Gasteiger partial charge in [-0.3, -0.25) is 4.79 Å². The SMILES string of the molecule is Cc1ccc(N2CCCC2)c(C(=O)NCC(C)CC(C)O)c1. The van der Waals surface area contributed by atoms with Crippen molar-refractivity contribution in [3.63, 3.8) is 0 Å². The molecule has 1 aromatic rings. The Morgan fingerprint density at radius 2 is 2.00 bits per heavy atom. The summed E-state index contributed by atoms with van der Waals surface area (Å²) >= 11 is 0. The Morgan fingerprint density at radius 3 is 2.64 bits per heavy atom. The van der Waals surface area contributed by atoms with Crippen LogP contribution < -0.4 is 10.2 Å². The molecule has 0 saturated carbocycles.